The predicted octanol–water partition coefficient (Wildman–Crippen LogP) is 4.69. The predicted molar refractivity (Wildman–Crippen MR) is 105 cm³/mol. The molecule has 138 valence electrons. The van der Waals surface area contributed by atoms with Gasteiger partial charge < -0.3 is 15.0 Å². The van der Waals surface area contributed by atoms with Gasteiger partial charge in [0.05, 0.1) is 28.5 Å². The maximum atomic E-state index is 12.3. The number of amides is 2. The molecule has 0 unspecified atom stereocenters. The highest BCUT2D eigenvalue weighted by Crippen LogP contribution is 2.34. The Morgan fingerprint density at radius 2 is 1.81 bits per heavy atom. The lowest BCUT2D eigenvalue weighted by Gasteiger charge is -2.23. The van der Waals surface area contributed by atoms with E-state index >= 15 is 0 Å². The summed E-state index contributed by atoms with van der Waals surface area (Å²) in [4.78, 5) is 25.8. The average Bonchev–Trinajstić information content (AvgIpc) is 2.57. The Hall–Kier alpha value is -2.24. The monoisotopic (exact) mass is 394 g/mol. The zero-order valence-electron chi connectivity index (χ0n) is 14.8. The van der Waals surface area contributed by atoms with Crippen LogP contribution >= 0.6 is 23.2 Å². The molecule has 5 nitrogen and oxygen atoms in total. The normalized spacial score (nSPS) is 10.3. The fourth-order valence-electron chi connectivity index (χ4n) is 2.52. The highest BCUT2D eigenvalue weighted by molar-refractivity contribution is 6.39. The lowest BCUT2D eigenvalue weighted by molar-refractivity contribution is -0.117. The highest BCUT2D eigenvalue weighted by Gasteiger charge is 2.19. The van der Waals surface area contributed by atoms with Gasteiger partial charge in [0.2, 0.25) is 11.8 Å². The quantitative estimate of drug-likeness (QED) is 0.772. The van der Waals surface area contributed by atoms with Gasteiger partial charge in [-0.1, -0.05) is 35.3 Å². The van der Waals surface area contributed by atoms with Gasteiger partial charge in [0.1, 0.15) is 5.75 Å². The van der Waals surface area contributed by atoms with Crippen molar-refractivity contribution < 1.29 is 14.3 Å². The number of aryl methyl sites for hydroxylation is 1. The molecule has 0 saturated heterocycles. The summed E-state index contributed by atoms with van der Waals surface area (Å²) in [6.07, 6.45) is 0.0816. The van der Waals surface area contributed by atoms with Crippen molar-refractivity contribution in [1.82, 2.24) is 0 Å². The zero-order chi connectivity index (χ0) is 19.3. The highest BCUT2D eigenvalue weighted by atomic mass is 35.5. The largest absolute Gasteiger partial charge is 0.495 e. The lowest BCUT2D eigenvalue weighted by Crippen LogP contribution is -2.32. The van der Waals surface area contributed by atoms with Crippen molar-refractivity contribution in [1.29, 1.82) is 0 Å². The van der Waals surface area contributed by atoms with Gasteiger partial charge in [-0.2, -0.15) is 0 Å². The van der Waals surface area contributed by atoms with E-state index in [2.05, 4.69) is 5.32 Å². The Balaban J connectivity index is 2.12. The van der Waals surface area contributed by atoms with Crippen LogP contribution in [0.4, 0.5) is 11.4 Å². The molecular formula is C19H20Cl2N2O3. The molecule has 0 aromatic heterocycles. The van der Waals surface area contributed by atoms with Gasteiger partial charge in [-0.25, -0.2) is 0 Å². The van der Waals surface area contributed by atoms with Crippen LogP contribution in [0.15, 0.2) is 36.4 Å². The van der Waals surface area contributed by atoms with Crippen LogP contribution in [-0.2, 0) is 9.59 Å². The topological polar surface area (TPSA) is 58.6 Å². The summed E-state index contributed by atoms with van der Waals surface area (Å²) in [5.41, 5.74) is 1.99. The molecule has 0 aliphatic heterocycles. The Bertz CT molecular complexity index is 804. The van der Waals surface area contributed by atoms with E-state index < -0.39 is 0 Å². The van der Waals surface area contributed by atoms with Crippen LogP contribution in [-0.4, -0.2) is 25.5 Å². The summed E-state index contributed by atoms with van der Waals surface area (Å²) in [5, 5.41) is 3.52. The third-order valence-electron chi connectivity index (χ3n) is 3.78. The number of carbonyl (C=O) groups excluding carboxylic acids is 2. The minimum atomic E-state index is -0.249. The fraction of sp³-hybridized carbons (Fsp3) is 0.263. The molecule has 26 heavy (non-hydrogen) atoms. The number of anilines is 2. The van der Waals surface area contributed by atoms with Crippen molar-refractivity contribution in [3.8, 4) is 5.75 Å². The summed E-state index contributed by atoms with van der Waals surface area (Å²) < 4.78 is 5.25. The van der Waals surface area contributed by atoms with E-state index in [1.54, 1.807) is 24.3 Å². The zero-order valence-corrected chi connectivity index (χ0v) is 16.3. The minimum absolute atomic E-state index is 0.0816. The van der Waals surface area contributed by atoms with E-state index in [1.807, 2.05) is 19.1 Å². The molecule has 2 rings (SSSR count). The molecule has 0 spiro atoms. The first-order valence-corrected chi connectivity index (χ1v) is 8.75. The van der Waals surface area contributed by atoms with Crippen LogP contribution in [0.25, 0.3) is 0 Å². The van der Waals surface area contributed by atoms with Crippen molar-refractivity contribution >= 4 is 46.4 Å². The van der Waals surface area contributed by atoms with Crippen molar-refractivity contribution in [3.05, 3.63) is 52.0 Å². The third kappa shape index (κ3) is 4.90. The van der Waals surface area contributed by atoms with E-state index in [4.69, 9.17) is 27.9 Å². The molecule has 0 bridgehead atoms. The SMILES string of the molecule is COc1ccc(C)cc1NC(=O)CCN(C(C)=O)c1c(Cl)cccc1Cl. The lowest BCUT2D eigenvalue weighted by atomic mass is 10.2. The van der Waals surface area contributed by atoms with Gasteiger partial charge in [0.25, 0.3) is 0 Å². The van der Waals surface area contributed by atoms with Crippen LogP contribution in [0.3, 0.4) is 0 Å². The van der Waals surface area contributed by atoms with Gasteiger partial charge >= 0.3 is 0 Å². The smallest absolute Gasteiger partial charge is 0.226 e. The molecule has 0 radical (unpaired) electrons. The summed E-state index contributed by atoms with van der Waals surface area (Å²) in [5.74, 6) is 0.0748. The number of ether oxygens (including phenoxy) is 1. The Morgan fingerprint density at radius 1 is 1.15 bits per heavy atom. The number of rotatable bonds is 6. The van der Waals surface area contributed by atoms with Crippen LogP contribution in [0.5, 0.6) is 5.75 Å². The number of hydrogen-bond donors (Lipinski definition) is 1. The van der Waals surface area contributed by atoms with Crippen molar-refractivity contribution in [3.63, 3.8) is 0 Å². The van der Waals surface area contributed by atoms with E-state index in [0.29, 0.717) is 27.2 Å². The average molecular weight is 395 g/mol. The Labute approximate surface area is 162 Å². The molecule has 0 aliphatic carbocycles. The molecule has 2 aromatic carbocycles. The van der Waals surface area contributed by atoms with Crippen LogP contribution in [0.2, 0.25) is 10.0 Å². The second-order valence-electron chi connectivity index (χ2n) is 5.74. The first-order chi connectivity index (χ1) is 12.3. The molecule has 1 N–H and O–H groups in total. The fourth-order valence-corrected chi connectivity index (χ4v) is 3.12. The van der Waals surface area contributed by atoms with Gasteiger partial charge in [0, 0.05) is 19.9 Å². The molecule has 7 heteroatoms. The van der Waals surface area contributed by atoms with Crippen molar-refractivity contribution in [2.75, 3.05) is 23.9 Å². The van der Waals surface area contributed by atoms with E-state index in [0.717, 1.165) is 5.56 Å². The first kappa shape index (κ1) is 20.1. The second-order valence-corrected chi connectivity index (χ2v) is 6.56. The van der Waals surface area contributed by atoms with Crippen LogP contribution < -0.4 is 15.0 Å². The van der Waals surface area contributed by atoms with E-state index in [-0.39, 0.29) is 24.8 Å². The number of hydrogen-bond acceptors (Lipinski definition) is 3. The Kier molecular flexibility index (Phi) is 6.89. The molecule has 0 aliphatic rings. The number of carbonyl (C=O) groups is 2. The molecule has 0 fully saturated rings. The summed E-state index contributed by atoms with van der Waals surface area (Å²) in [7, 11) is 1.54. The van der Waals surface area contributed by atoms with Crippen molar-refractivity contribution in [2.45, 2.75) is 20.3 Å². The van der Waals surface area contributed by atoms with Gasteiger partial charge in [-0.3, -0.25) is 9.59 Å². The Morgan fingerprint density at radius 3 is 2.38 bits per heavy atom. The molecule has 2 amide bonds. The molecule has 2 aromatic rings. The van der Waals surface area contributed by atoms with Crippen molar-refractivity contribution in [2.24, 2.45) is 0 Å². The van der Waals surface area contributed by atoms with E-state index in [9.17, 15) is 9.59 Å². The van der Waals surface area contributed by atoms with Crippen LogP contribution in [0, 0.1) is 6.92 Å². The van der Waals surface area contributed by atoms with Crippen LogP contribution in [0.1, 0.15) is 18.9 Å². The molecule has 0 atom stereocenters. The first-order valence-electron chi connectivity index (χ1n) is 8.00. The number of para-hydroxylation sites is 1. The standard InChI is InChI=1S/C19H20Cl2N2O3/c1-12-7-8-17(26-3)16(11-12)22-18(25)9-10-23(13(2)24)19-14(20)5-4-6-15(19)21/h4-8,11H,9-10H2,1-3H3,(H,22,25). The molecular weight excluding hydrogens is 375 g/mol. The number of benzene rings is 2. The summed E-state index contributed by atoms with van der Waals surface area (Å²) in [6, 6.07) is 10.5. The number of nitrogens with one attached hydrogen (secondary N) is 1. The van der Waals surface area contributed by atoms with Gasteiger partial charge in [-0.15, -0.1) is 0 Å². The summed E-state index contributed by atoms with van der Waals surface area (Å²) in [6.45, 7) is 3.48. The number of methoxy groups -OCH3 is 1. The maximum Gasteiger partial charge on any atom is 0.226 e. The summed E-state index contributed by atoms with van der Waals surface area (Å²) >= 11 is 12.3. The number of halogens is 2. The van der Waals surface area contributed by atoms with Gasteiger partial charge in [0.15, 0.2) is 0 Å². The number of nitrogens with zero attached hydrogens (tertiary/aromatic N) is 1. The third-order valence-corrected chi connectivity index (χ3v) is 4.39. The minimum Gasteiger partial charge on any atom is -0.495 e. The van der Waals surface area contributed by atoms with E-state index in [1.165, 1.54) is 18.9 Å². The maximum absolute atomic E-state index is 12.3. The molecule has 0 saturated carbocycles. The van der Waals surface area contributed by atoms with Gasteiger partial charge in [-0.05, 0) is 36.8 Å². The molecule has 0 heterocycles. The second kappa shape index (κ2) is 8.92.